The predicted molar refractivity (Wildman–Crippen MR) is 114 cm³/mol. The molecule has 2 aromatic rings. The second-order valence-electron chi connectivity index (χ2n) is 8.88. The fourth-order valence-corrected chi connectivity index (χ4v) is 6.57. The SMILES string of the molecule is O=C(c1ccc2c(=O)n3c(nc2c1)CCCCCC3)N(C1CC1)C1CCS(=O)(=O)C1. The van der Waals surface area contributed by atoms with Gasteiger partial charge >= 0.3 is 0 Å². The molecule has 1 aliphatic carbocycles. The Labute approximate surface area is 176 Å². The smallest absolute Gasteiger partial charge is 0.261 e. The van der Waals surface area contributed by atoms with Crippen molar-refractivity contribution in [2.75, 3.05) is 11.5 Å². The highest BCUT2D eigenvalue weighted by Crippen LogP contribution is 2.33. The molecule has 3 aliphatic rings. The topological polar surface area (TPSA) is 89.3 Å². The Kier molecular flexibility index (Phi) is 4.92. The number of hydrogen-bond acceptors (Lipinski definition) is 5. The Bertz CT molecular complexity index is 1170. The summed E-state index contributed by atoms with van der Waals surface area (Å²) >= 11 is 0. The second-order valence-corrected chi connectivity index (χ2v) is 11.1. The minimum atomic E-state index is -3.07. The van der Waals surface area contributed by atoms with Crippen molar-refractivity contribution in [2.45, 2.75) is 70.0 Å². The van der Waals surface area contributed by atoms with Crippen LogP contribution in [0, 0.1) is 0 Å². The van der Waals surface area contributed by atoms with E-state index < -0.39 is 9.84 Å². The third-order valence-corrected chi connectivity index (χ3v) is 8.34. The first-order valence-electron chi connectivity index (χ1n) is 11.0. The molecule has 7 nitrogen and oxygen atoms in total. The first-order chi connectivity index (χ1) is 14.4. The molecular formula is C22H27N3O4S. The molecule has 2 fully saturated rings. The predicted octanol–water partition coefficient (Wildman–Crippen LogP) is 2.30. The summed E-state index contributed by atoms with van der Waals surface area (Å²) in [6.45, 7) is 0.698. The first-order valence-corrected chi connectivity index (χ1v) is 12.8. The number of hydrogen-bond donors (Lipinski definition) is 0. The average Bonchev–Trinajstić information content (AvgIpc) is 3.46. The molecule has 1 aromatic heterocycles. The Hall–Kier alpha value is -2.22. The zero-order valence-electron chi connectivity index (χ0n) is 17.0. The van der Waals surface area contributed by atoms with E-state index in [1.165, 1.54) is 0 Å². The van der Waals surface area contributed by atoms with Crippen molar-refractivity contribution in [3.8, 4) is 0 Å². The minimum absolute atomic E-state index is 0.0307. The van der Waals surface area contributed by atoms with Crippen LogP contribution < -0.4 is 5.56 Å². The third-order valence-electron chi connectivity index (χ3n) is 6.59. The van der Waals surface area contributed by atoms with Crippen LogP contribution >= 0.6 is 0 Å². The number of aromatic nitrogens is 2. The molecule has 1 unspecified atom stereocenters. The number of benzene rings is 1. The lowest BCUT2D eigenvalue weighted by molar-refractivity contribution is 0.0681. The van der Waals surface area contributed by atoms with E-state index in [-0.39, 0.29) is 35.1 Å². The van der Waals surface area contributed by atoms with E-state index in [0.717, 1.165) is 50.8 Å². The van der Waals surface area contributed by atoms with Crippen LogP contribution in [0.5, 0.6) is 0 Å². The number of rotatable bonds is 3. The monoisotopic (exact) mass is 429 g/mol. The zero-order chi connectivity index (χ0) is 20.9. The molecule has 3 heterocycles. The molecule has 2 aliphatic heterocycles. The van der Waals surface area contributed by atoms with E-state index in [1.807, 2.05) is 0 Å². The standard InChI is InChI=1S/C22H27N3O4S/c26-21(25(16-7-8-16)17-10-12-30(28,29)14-17)15-6-9-18-19(13-15)23-20-5-3-1-2-4-11-24(20)22(18)27/h6,9,13,16-17H,1-5,7-8,10-12,14H2. The molecule has 1 atom stereocenters. The molecule has 5 rings (SSSR count). The van der Waals surface area contributed by atoms with Crippen LogP contribution in [0.25, 0.3) is 10.9 Å². The second kappa shape index (κ2) is 7.48. The van der Waals surface area contributed by atoms with Gasteiger partial charge in [-0.2, -0.15) is 0 Å². The molecule has 8 heteroatoms. The van der Waals surface area contributed by atoms with Gasteiger partial charge in [-0.25, -0.2) is 13.4 Å². The molecule has 0 bridgehead atoms. The maximum Gasteiger partial charge on any atom is 0.261 e. The maximum atomic E-state index is 13.4. The van der Waals surface area contributed by atoms with Gasteiger partial charge in [-0.1, -0.05) is 12.8 Å². The van der Waals surface area contributed by atoms with Gasteiger partial charge in [0.05, 0.1) is 22.4 Å². The van der Waals surface area contributed by atoms with Gasteiger partial charge in [0.15, 0.2) is 9.84 Å². The van der Waals surface area contributed by atoms with E-state index >= 15 is 0 Å². The van der Waals surface area contributed by atoms with Gasteiger partial charge in [0, 0.05) is 30.6 Å². The van der Waals surface area contributed by atoms with Crippen LogP contribution in [0.4, 0.5) is 0 Å². The number of carbonyl (C=O) groups is 1. The molecule has 160 valence electrons. The summed E-state index contributed by atoms with van der Waals surface area (Å²) in [6, 6.07) is 5.00. The Morgan fingerprint density at radius 3 is 2.60 bits per heavy atom. The van der Waals surface area contributed by atoms with Gasteiger partial charge in [0.25, 0.3) is 11.5 Å². The number of carbonyl (C=O) groups excluding carboxylic acids is 1. The van der Waals surface area contributed by atoms with Crippen molar-refractivity contribution in [2.24, 2.45) is 0 Å². The van der Waals surface area contributed by atoms with Crippen LogP contribution in [0.2, 0.25) is 0 Å². The van der Waals surface area contributed by atoms with Gasteiger partial charge < -0.3 is 4.90 Å². The van der Waals surface area contributed by atoms with Gasteiger partial charge in [0.2, 0.25) is 0 Å². The molecule has 30 heavy (non-hydrogen) atoms. The van der Waals surface area contributed by atoms with E-state index in [1.54, 1.807) is 27.7 Å². The van der Waals surface area contributed by atoms with Crippen LogP contribution in [0.3, 0.4) is 0 Å². The lowest BCUT2D eigenvalue weighted by Gasteiger charge is -2.28. The molecule has 1 saturated carbocycles. The number of amides is 1. The van der Waals surface area contributed by atoms with Gasteiger partial charge in [-0.3, -0.25) is 14.2 Å². The molecule has 1 amide bonds. The molecule has 0 N–H and O–H groups in total. The minimum Gasteiger partial charge on any atom is -0.332 e. The van der Waals surface area contributed by atoms with E-state index in [9.17, 15) is 18.0 Å². The fraction of sp³-hybridized carbons (Fsp3) is 0.591. The largest absolute Gasteiger partial charge is 0.332 e. The molecule has 0 radical (unpaired) electrons. The normalized spacial score (nSPS) is 23.5. The maximum absolute atomic E-state index is 13.4. The Balaban J connectivity index is 1.51. The van der Waals surface area contributed by atoms with Gasteiger partial charge in [0.1, 0.15) is 5.82 Å². The molecule has 0 spiro atoms. The summed E-state index contributed by atoms with van der Waals surface area (Å²) in [5.74, 6) is 0.861. The lowest BCUT2D eigenvalue weighted by Crippen LogP contribution is -2.42. The van der Waals surface area contributed by atoms with Crippen LogP contribution in [0.15, 0.2) is 23.0 Å². The summed E-state index contributed by atoms with van der Waals surface area (Å²) in [5.41, 5.74) is 1.02. The quantitative estimate of drug-likeness (QED) is 0.747. The van der Waals surface area contributed by atoms with E-state index in [4.69, 9.17) is 4.98 Å². The fourth-order valence-electron chi connectivity index (χ4n) is 4.85. The van der Waals surface area contributed by atoms with Crippen LogP contribution in [0.1, 0.15) is 61.1 Å². The highest BCUT2D eigenvalue weighted by Gasteiger charge is 2.42. The molecular weight excluding hydrogens is 402 g/mol. The van der Waals surface area contributed by atoms with E-state index in [2.05, 4.69) is 0 Å². The number of fused-ring (bicyclic) bond motifs is 2. The highest BCUT2D eigenvalue weighted by molar-refractivity contribution is 7.91. The summed E-state index contributed by atoms with van der Waals surface area (Å²) in [6.07, 6.45) is 7.40. The van der Waals surface area contributed by atoms with Crippen molar-refractivity contribution in [3.05, 3.63) is 39.9 Å². The summed E-state index contributed by atoms with van der Waals surface area (Å²) in [5, 5.41) is 0.539. The number of sulfone groups is 1. The number of nitrogens with zero attached hydrogens (tertiary/aromatic N) is 3. The van der Waals surface area contributed by atoms with Crippen LogP contribution in [-0.4, -0.2) is 52.4 Å². The number of aryl methyl sites for hydroxylation is 1. The average molecular weight is 430 g/mol. The van der Waals surface area contributed by atoms with Crippen LogP contribution in [-0.2, 0) is 22.8 Å². The molecule has 1 aromatic carbocycles. The van der Waals surface area contributed by atoms with Crippen molar-refractivity contribution >= 4 is 26.6 Å². The third kappa shape index (κ3) is 3.66. The Morgan fingerprint density at radius 1 is 1.07 bits per heavy atom. The zero-order valence-corrected chi connectivity index (χ0v) is 17.9. The Morgan fingerprint density at radius 2 is 1.87 bits per heavy atom. The van der Waals surface area contributed by atoms with Crippen molar-refractivity contribution < 1.29 is 13.2 Å². The highest BCUT2D eigenvalue weighted by atomic mass is 32.2. The molecule has 1 saturated heterocycles. The van der Waals surface area contributed by atoms with Crippen molar-refractivity contribution in [3.63, 3.8) is 0 Å². The van der Waals surface area contributed by atoms with Gasteiger partial charge in [-0.15, -0.1) is 0 Å². The van der Waals surface area contributed by atoms with Crippen molar-refractivity contribution in [1.82, 2.24) is 14.5 Å². The lowest BCUT2D eigenvalue weighted by atomic mass is 10.1. The summed E-state index contributed by atoms with van der Waals surface area (Å²) in [7, 11) is -3.07. The van der Waals surface area contributed by atoms with Gasteiger partial charge in [-0.05, 0) is 50.3 Å². The summed E-state index contributed by atoms with van der Waals surface area (Å²) < 4.78 is 25.7. The van der Waals surface area contributed by atoms with E-state index in [0.29, 0.717) is 29.4 Å². The van der Waals surface area contributed by atoms with Crippen molar-refractivity contribution in [1.29, 1.82) is 0 Å². The summed E-state index contributed by atoms with van der Waals surface area (Å²) in [4.78, 5) is 32.9. The first kappa shape index (κ1) is 19.7.